The molecule has 1 fully saturated rings. The van der Waals surface area contributed by atoms with Crippen LogP contribution in [-0.2, 0) is 0 Å². The van der Waals surface area contributed by atoms with Crippen LogP contribution in [0, 0.1) is 0 Å². The topological polar surface area (TPSA) is 53.2 Å². The number of carbonyl (C=O) groups is 1. The van der Waals surface area contributed by atoms with Gasteiger partial charge in [0.2, 0.25) is 0 Å². The predicted octanol–water partition coefficient (Wildman–Crippen LogP) is 0.922. The number of hydrogen-bond acceptors (Lipinski definition) is 3. The van der Waals surface area contributed by atoms with Gasteiger partial charge in [0.25, 0.3) is 5.91 Å². The molecule has 0 bridgehead atoms. The van der Waals surface area contributed by atoms with Gasteiger partial charge < -0.3 is 16.0 Å². The molecule has 3 N–H and O–H groups in total. The van der Waals surface area contributed by atoms with Gasteiger partial charge in [0.15, 0.2) is 0 Å². The Labute approximate surface area is 94.4 Å². The third-order valence-corrected chi connectivity index (χ3v) is 3.28. The van der Waals surface area contributed by atoms with Crippen molar-refractivity contribution in [1.82, 2.24) is 10.6 Å². The van der Waals surface area contributed by atoms with Crippen LogP contribution in [0.4, 0.5) is 5.69 Å². The van der Waals surface area contributed by atoms with Gasteiger partial charge in [0.1, 0.15) is 5.66 Å². The summed E-state index contributed by atoms with van der Waals surface area (Å²) in [6, 6.07) is 7.65. The van der Waals surface area contributed by atoms with Crippen LogP contribution in [0.15, 0.2) is 24.3 Å². The summed E-state index contributed by atoms with van der Waals surface area (Å²) in [4.78, 5) is 12.0. The van der Waals surface area contributed by atoms with E-state index in [1.165, 1.54) is 0 Å². The van der Waals surface area contributed by atoms with Gasteiger partial charge in [-0.3, -0.25) is 4.79 Å². The molecular formula is C12H15N3O. The van der Waals surface area contributed by atoms with Crippen LogP contribution in [-0.4, -0.2) is 24.7 Å². The number of amides is 1. The third-order valence-electron chi connectivity index (χ3n) is 3.28. The summed E-state index contributed by atoms with van der Waals surface area (Å²) in [5, 5.41) is 9.84. The van der Waals surface area contributed by atoms with E-state index in [-0.39, 0.29) is 11.6 Å². The second-order valence-electron chi connectivity index (χ2n) is 4.49. The summed E-state index contributed by atoms with van der Waals surface area (Å²) >= 11 is 0. The Morgan fingerprint density at radius 2 is 2.06 bits per heavy atom. The number of nitrogens with one attached hydrogen (secondary N) is 3. The Bertz CT molecular complexity index is 424. The minimum Gasteiger partial charge on any atom is -0.361 e. The van der Waals surface area contributed by atoms with Crippen LogP contribution < -0.4 is 16.0 Å². The van der Waals surface area contributed by atoms with Gasteiger partial charge in [-0.2, -0.15) is 0 Å². The van der Waals surface area contributed by atoms with E-state index in [9.17, 15) is 4.79 Å². The van der Waals surface area contributed by atoms with Gasteiger partial charge in [-0.05, 0) is 31.5 Å². The molecule has 1 atom stereocenters. The quantitative estimate of drug-likeness (QED) is 0.605. The number of rotatable bonds is 0. The first kappa shape index (κ1) is 9.66. The maximum Gasteiger partial charge on any atom is 0.255 e. The van der Waals surface area contributed by atoms with Gasteiger partial charge in [-0.1, -0.05) is 12.1 Å². The highest BCUT2D eigenvalue weighted by atomic mass is 16.2. The van der Waals surface area contributed by atoms with E-state index in [4.69, 9.17) is 0 Å². The number of anilines is 1. The molecule has 1 spiro atoms. The fourth-order valence-electron chi connectivity index (χ4n) is 2.48. The van der Waals surface area contributed by atoms with Gasteiger partial charge >= 0.3 is 0 Å². The highest BCUT2D eigenvalue weighted by Gasteiger charge is 2.37. The minimum absolute atomic E-state index is 0.0260. The summed E-state index contributed by atoms with van der Waals surface area (Å²) in [5.74, 6) is 0.0260. The molecule has 1 saturated heterocycles. The van der Waals surface area contributed by atoms with Gasteiger partial charge in [-0.25, -0.2) is 0 Å². The maximum absolute atomic E-state index is 12.0. The van der Waals surface area contributed by atoms with Crippen molar-refractivity contribution in [1.29, 1.82) is 0 Å². The molecule has 0 saturated carbocycles. The van der Waals surface area contributed by atoms with Crippen molar-refractivity contribution in [3.05, 3.63) is 29.8 Å². The van der Waals surface area contributed by atoms with Gasteiger partial charge in [0.05, 0.1) is 5.56 Å². The molecule has 1 unspecified atom stereocenters. The van der Waals surface area contributed by atoms with Crippen molar-refractivity contribution < 1.29 is 4.79 Å². The largest absolute Gasteiger partial charge is 0.361 e. The molecular weight excluding hydrogens is 202 g/mol. The lowest BCUT2D eigenvalue weighted by molar-refractivity contribution is 0.0884. The molecule has 84 valence electrons. The Kier molecular flexibility index (Phi) is 2.11. The predicted molar refractivity (Wildman–Crippen MR) is 62.4 cm³/mol. The fraction of sp³-hybridized carbons (Fsp3) is 0.417. The lowest BCUT2D eigenvalue weighted by Gasteiger charge is -2.43. The zero-order valence-corrected chi connectivity index (χ0v) is 9.05. The molecule has 3 rings (SSSR count). The van der Waals surface area contributed by atoms with Crippen LogP contribution in [0.2, 0.25) is 0 Å². The molecule has 0 aliphatic carbocycles. The monoisotopic (exact) mass is 217 g/mol. The highest BCUT2D eigenvalue weighted by Crippen LogP contribution is 2.27. The van der Waals surface area contributed by atoms with Crippen molar-refractivity contribution >= 4 is 11.6 Å². The van der Waals surface area contributed by atoms with E-state index in [1.54, 1.807) is 0 Å². The average Bonchev–Trinajstić information content (AvgIpc) is 2.30. The van der Waals surface area contributed by atoms with Crippen LogP contribution in [0.1, 0.15) is 23.2 Å². The minimum atomic E-state index is -0.288. The zero-order chi connectivity index (χ0) is 11.0. The second-order valence-corrected chi connectivity index (χ2v) is 4.49. The number of hydrogen-bond donors (Lipinski definition) is 3. The molecule has 2 aliphatic rings. The Morgan fingerprint density at radius 3 is 2.88 bits per heavy atom. The van der Waals surface area contributed by atoms with E-state index in [0.29, 0.717) is 0 Å². The number of benzene rings is 1. The lowest BCUT2D eigenvalue weighted by atomic mass is 9.95. The molecule has 2 heterocycles. The number of para-hydroxylation sites is 1. The lowest BCUT2D eigenvalue weighted by Crippen LogP contribution is -2.64. The fourth-order valence-corrected chi connectivity index (χ4v) is 2.48. The van der Waals surface area contributed by atoms with E-state index in [2.05, 4.69) is 16.0 Å². The number of fused-ring (bicyclic) bond motifs is 1. The molecule has 0 aromatic heterocycles. The van der Waals surface area contributed by atoms with E-state index in [0.717, 1.165) is 37.2 Å². The van der Waals surface area contributed by atoms with Crippen molar-refractivity contribution in [3.8, 4) is 0 Å². The molecule has 4 nitrogen and oxygen atoms in total. The zero-order valence-electron chi connectivity index (χ0n) is 9.05. The Hall–Kier alpha value is -1.55. The molecule has 4 heteroatoms. The van der Waals surface area contributed by atoms with Crippen LogP contribution in [0.3, 0.4) is 0 Å². The highest BCUT2D eigenvalue weighted by molar-refractivity contribution is 6.02. The first-order chi connectivity index (χ1) is 7.79. The van der Waals surface area contributed by atoms with Crippen LogP contribution in [0.25, 0.3) is 0 Å². The average molecular weight is 217 g/mol. The van der Waals surface area contributed by atoms with Gasteiger partial charge in [0, 0.05) is 12.2 Å². The van der Waals surface area contributed by atoms with Crippen molar-refractivity contribution in [2.24, 2.45) is 0 Å². The number of piperidine rings is 1. The van der Waals surface area contributed by atoms with Crippen molar-refractivity contribution in [2.45, 2.75) is 18.5 Å². The Morgan fingerprint density at radius 1 is 1.19 bits per heavy atom. The van der Waals surface area contributed by atoms with Crippen LogP contribution in [0.5, 0.6) is 0 Å². The molecule has 0 radical (unpaired) electrons. The first-order valence-corrected chi connectivity index (χ1v) is 5.70. The van der Waals surface area contributed by atoms with Gasteiger partial charge in [-0.15, -0.1) is 0 Å². The molecule has 16 heavy (non-hydrogen) atoms. The summed E-state index contributed by atoms with van der Waals surface area (Å²) in [6.07, 6.45) is 2.05. The summed E-state index contributed by atoms with van der Waals surface area (Å²) in [5.41, 5.74) is 1.39. The molecule has 2 aliphatic heterocycles. The normalized spacial score (nSPS) is 28.1. The summed E-state index contributed by atoms with van der Waals surface area (Å²) < 4.78 is 0. The van der Waals surface area contributed by atoms with E-state index >= 15 is 0 Å². The van der Waals surface area contributed by atoms with E-state index in [1.807, 2.05) is 24.3 Å². The van der Waals surface area contributed by atoms with Crippen LogP contribution >= 0.6 is 0 Å². The molecule has 1 aromatic carbocycles. The van der Waals surface area contributed by atoms with Crippen molar-refractivity contribution in [3.63, 3.8) is 0 Å². The summed E-state index contributed by atoms with van der Waals surface area (Å²) in [6.45, 7) is 1.81. The summed E-state index contributed by atoms with van der Waals surface area (Å²) in [7, 11) is 0. The maximum atomic E-state index is 12.0. The SMILES string of the molecule is O=C1NC2(CCCNC2)Nc2ccccc21. The smallest absolute Gasteiger partial charge is 0.255 e. The second kappa shape index (κ2) is 3.49. The third kappa shape index (κ3) is 1.46. The molecule has 1 amide bonds. The first-order valence-electron chi connectivity index (χ1n) is 5.70. The number of carbonyl (C=O) groups excluding carboxylic acids is 1. The Balaban J connectivity index is 1.96. The van der Waals surface area contributed by atoms with Crippen molar-refractivity contribution in [2.75, 3.05) is 18.4 Å². The molecule has 1 aromatic rings. The standard InChI is InChI=1S/C12H15N3O/c16-11-9-4-1-2-5-10(9)14-12(15-11)6-3-7-13-8-12/h1-2,4-5,13-14H,3,6-8H2,(H,15,16). The van der Waals surface area contributed by atoms with E-state index < -0.39 is 0 Å².